The van der Waals surface area contributed by atoms with Crippen LogP contribution in [0, 0.1) is 10.8 Å². The van der Waals surface area contributed by atoms with Crippen molar-refractivity contribution in [3.05, 3.63) is 59.7 Å². The first-order valence-corrected chi connectivity index (χ1v) is 8.40. The minimum Gasteiger partial charge on any atom is -0.0955 e. The van der Waals surface area contributed by atoms with E-state index >= 15 is 0 Å². The van der Waals surface area contributed by atoms with E-state index in [1.807, 2.05) is 0 Å². The van der Waals surface area contributed by atoms with E-state index in [2.05, 4.69) is 84.5 Å². The third-order valence-corrected chi connectivity index (χ3v) is 5.51. The van der Waals surface area contributed by atoms with Gasteiger partial charge in [-0.1, -0.05) is 81.8 Å². The van der Waals surface area contributed by atoms with Crippen molar-refractivity contribution in [3.8, 4) is 0 Å². The van der Waals surface area contributed by atoms with E-state index in [1.165, 1.54) is 23.1 Å². The minimum atomic E-state index is 0.0858. The topological polar surface area (TPSA) is 0 Å². The van der Waals surface area contributed by atoms with E-state index in [0.29, 0.717) is 5.41 Å². The molecular formula is C22H30. The Hall–Kier alpha value is -1.56. The summed E-state index contributed by atoms with van der Waals surface area (Å²) in [5, 5.41) is 0. The van der Waals surface area contributed by atoms with Gasteiger partial charge in [0.05, 0.1) is 0 Å². The Balaban J connectivity index is 2.49. The lowest BCUT2D eigenvalue weighted by Crippen LogP contribution is -2.33. The molecule has 1 aromatic carbocycles. The molecule has 0 heteroatoms. The molecule has 1 atom stereocenters. The molecule has 0 heterocycles. The van der Waals surface area contributed by atoms with Gasteiger partial charge in [0.2, 0.25) is 0 Å². The highest BCUT2D eigenvalue weighted by Crippen LogP contribution is 2.55. The predicted molar refractivity (Wildman–Crippen MR) is 99.7 cm³/mol. The summed E-state index contributed by atoms with van der Waals surface area (Å²) in [6.07, 6.45) is 7.13. The van der Waals surface area contributed by atoms with Crippen molar-refractivity contribution >= 4 is 11.1 Å². The van der Waals surface area contributed by atoms with Gasteiger partial charge in [0.15, 0.2) is 0 Å². The van der Waals surface area contributed by atoms with Crippen molar-refractivity contribution in [1.82, 2.24) is 0 Å². The Bertz CT molecular complexity index is 623. The Morgan fingerprint density at radius 1 is 1.18 bits per heavy atom. The summed E-state index contributed by atoms with van der Waals surface area (Å²) < 4.78 is 0. The second-order valence-corrected chi connectivity index (χ2v) is 7.42. The molecule has 2 rings (SSSR count). The SMILES string of the molecule is C=C(C)c1ccc(C2=CC[C@](C)(CC)/C(=C\C)C2(C)C)cc1. The molecule has 0 N–H and O–H groups in total. The van der Waals surface area contributed by atoms with Crippen molar-refractivity contribution in [2.75, 3.05) is 0 Å². The van der Waals surface area contributed by atoms with Crippen LogP contribution in [-0.2, 0) is 0 Å². The largest absolute Gasteiger partial charge is 0.0955 e. The van der Waals surface area contributed by atoms with Crippen LogP contribution < -0.4 is 0 Å². The summed E-state index contributed by atoms with van der Waals surface area (Å²) in [7, 11) is 0. The highest BCUT2D eigenvalue weighted by atomic mass is 14.5. The van der Waals surface area contributed by atoms with Crippen LogP contribution in [0.4, 0.5) is 0 Å². The molecule has 1 aliphatic rings. The average Bonchev–Trinajstić information content (AvgIpc) is 2.47. The molecule has 0 spiro atoms. The normalized spacial score (nSPS) is 25.9. The minimum absolute atomic E-state index is 0.0858. The van der Waals surface area contributed by atoms with Crippen LogP contribution in [0.15, 0.2) is 48.6 Å². The molecule has 0 aliphatic heterocycles. The standard InChI is InChI=1S/C22H30/c1-8-20-21(5,6)19(14-15-22(20,7)9-2)18-12-10-17(11-13-18)16(3)4/h8,10-14H,3,9,15H2,1-2,4-7H3/b20-8-/t22-/m0/s1. The maximum atomic E-state index is 4.03. The zero-order valence-corrected chi connectivity index (χ0v) is 15.1. The van der Waals surface area contributed by atoms with Gasteiger partial charge in [-0.25, -0.2) is 0 Å². The summed E-state index contributed by atoms with van der Waals surface area (Å²) in [4.78, 5) is 0. The van der Waals surface area contributed by atoms with Gasteiger partial charge in [-0.3, -0.25) is 0 Å². The van der Waals surface area contributed by atoms with E-state index in [0.717, 1.165) is 12.0 Å². The van der Waals surface area contributed by atoms with Crippen LogP contribution in [0.2, 0.25) is 0 Å². The molecule has 0 saturated carbocycles. The first-order valence-electron chi connectivity index (χ1n) is 8.40. The highest BCUT2D eigenvalue weighted by molar-refractivity contribution is 5.76. The summed E-state index contributed by atoms with van der Waals surface area (Å²) in [6.45, 7) is 17.7. The molecule has 0 unspecified atom stereocenters. The number of hydrogen-bond acceptors (Lipinski definition) is 0. The van der Waals surface area contributed by atoms with Crippen LogP contribution in [0.3, 0.4) is 0 Å². The first kappa shape index (κ1) is 16.8. The Morgan fingerprint density at radius 3 is 2.23 bits per heavy atom. The molecule has 0 bridgehead atoms. The highest BCUT2D eigenvalue weighted by Gasteiger charge is 2.41. The molecule has 0 amide bonds. The van der Waals surface area contributed by atoms with E-state index in [9.17, 15) is 0 Å². The van der Waals surface area contributed by atoms with Crippen LogP contribution in [0.1, 0.15) is 65.5 Å². The zero-order valence-electron chi connectivity index (χ0n) is 15.1. The molecule has 1 aromatic rings. The smallest absolute Gasteiger partial charge is 0.0113 e. The second-order valence-electron chi connectivity index (χ2n) is 7.42. The van der Waals surface area contributed by atoms with Gasteiger partial charge in [-0.05, 0) is 48.8 Å². The molecule has 22 heavy (non-hydrogen) atoms. The number of benzene rings is 1. The maximum absolute atomic E-state index is 4.03. The fraction of sp³-hybridized carbons (Fsp3) is 0.455. The van der Waals surface area contributed by atoms with Gasteiger partial charge in [0, 0.05) is 5.41 Å². The average molecular weight is 294 g/mol. The van der Waals surface area contributed by atoms with E-state index < -0.39 is 0 Å². The van der Waals surface area contributed by atoms with Crippen molar-refractivity contribution in [1.29, 1.82) is 0 Å². The first-order chi connectivity index (χ1) is 10.3. The molecule has 0 aromatic heterocycles. The lowest BCUT2D eigenvalue weighted by atomic mass is 9.58. The molecule has 1 aliphatic carbocycles. The number of allylic oxidation sites excluding steroid dienone is 5. The molecule has 0 fully saturated rings. The van der Waals surface area contributed by atoms with Crippen molar-refractivity contribution < 1.29 is 0 Å². The zero-order chi connectivity index (χ0) is 16.5. The summed E-state index contributed by atoms with van der Waals surface area (Å²) >= 11 is 0. The molecule has 0 saturated heterocycles. The number of rotatable bonds is 3. The summed E-state index contributed by atoms with van der Waals surface area (Å²) in [5.41, 5.74) is 7.09. The quantitative estimate of drug-likeness (QED) is 0.532. The van der Waals surface area contributed by atoms with Crippen molar-refractivity contribution in [2.45, 2.75) is 54.4 Å². The molecule has 0 radical (unpaired) electrons. The predicted octanol–water partition coefficient (Wildman–Crippen LogP) is 6.90. The third kappa shape index (κ3) is 2.72. The number of hydrogen-bond donors (Lipinski definition) is 0. The van der Waals surface area contributed by atoms with Crippen LogP contribution in [-0.4, -0.2) is 0 Å². The van der Waals surface area contributed by atoms with Crippen molar-refractivity contribution in [3.63, 3.8) is 0 Å². The van der Waals surface area contributed by atoms with Gasteiger partial charge >= 0.3 is 0 Å². The van der Waals surface area contributed by atoms with Gasteiger partial charge in [0.1, 0.15) is 0 Å². The van der Waals surface area contributed by atoms with Gasteiger partial charge in [-0.2, -0.15) is 0 Å². The Morgan fingerprint density at radius 2 is 1.77 bits per heavy atom. The molecular weight excluding hydrogens is 264 g/mol. The van der Waals surface area contributed by atoms with E-state index in [1.54, 1.807) is 5.57 Å². The summed E-state index contributed by atoms with van der Waals surface area (Å²) in [5.74, 6) is 0. The van der Waals surface area contributed by atoms with E-state index in [4.69, 9.17) is 0 Å². The Labute approximate surface area is 136 Å². The van der Waals surface area contributed by atoms with Gasteiger partial charge in [0.25, 0.3) is 0 Å². The monoisotopic (exact) mass is 294 g/mol. The summed E-state index contributed by atoms with van der Waals surface area (Å²) in [6, 6.07) is 8.88. The van der Waals surface area contributed by atoms with Crippen molar-refractivity contribution in [2.24, 2.45) is 10.8 Å². The van der Waals surface area contributed by atoms with Gasteiger partial charge in [-0.15, -0.1) is 0 Å². The van der Waals surface area contributed by atoms with Crippen LogP contribution >= 0.6 is 0 Å². The molecule has 0 nitrogen and oxygen atoms in total. The van der Waals surface area contributed by atoms with Crippen LogP contribution in [0.25, 0.3) is 11.1 Å². The fourth-order valence-electron chi connectivity index (χ4n) is 4.05. The maximum Gasteiger partial charge on any atom is 0.0113 e. The third-order valence-electron chi connectivity index (χ3n) is 5.51. The lowest BCUT2D eigenvalue weighted by Gasteiger charge is -2.46. The molecule has 118 valence electrons. The van der Waals surface area contributed by atoms with Crippen LogP contribution in [0.5, 0.6) is 0 Å². The second kappa shape index (κ2) is 5.91. The van der Waals surface area contributed by atoms with E-state index in [-0.39, 0.29) is 5.41 Å². The van der Waals surface area contributed by atoms with Gasteiger partial charge < -0.3 is 0 Å². The lowest BCUT2D eigenvalue weighted by molar-refractivity contribution is 0.311. The fourth-order valence-corrected chi connectivity index (χ4v) is 4.05. The Kier molecular flexibility index (Phi) is 4.52.